The summed E-state index contributed by atoms with van der Waals surface area (Å²) in [7, 11) is -4.05. The molecule has 8 nitrogen and oxygen atoms in total. The molecule has 0 fully saturated rings. The van der Waals surface area contributed by atoms with E-state index in [0.717, 1.165) is 32.5 Å². The molecule has 0 radical (unpaired) electrons. The number of hydrazone groups is 1. The highest BCUT2D eigenvalue weighted by Crippen LogP contribution is 2.27. The first-order valence-electron chi connectivity index (χ1n) is 12.7. The molecule has 4 rings (SSSR count). The number of carbonyl (C=O) groups is 1. The monoisotopic (exact) mass is 578 g/mol. The molecule has 0 aliphatic heterocycles. The van der Waals surface area contributed by atoms with Gasteiger partial charge >= 0.3 is 0 Å². The minimum Gasteiger partial charge on any atom is -0.494 e. The number of hydrogen-bond acceptors (Lipinski definition) is 5. The minimum atomic E-state index is -4.05. The highest BCUT2D eigenvalue weighted by Gasteiger charge is 2.27. The second kappa shape index (κ2) is 12.4. The molecule has 40 heavy (non-hydrogen) atoms. The van der Waals surface area contributed by atoms with Crippen LogP contribution in [-0.4, -0.2) is 38.3 Å². The van der Waals surface area contributed by atoms with Crippen LogP contribution in [0.15, 0.2) is 88.9 Å². The maximum absolute atomic E-state index is 13.6. The molecule has 0 saturated carbocycles. The number of ether oxygens (including phenoxy) is 1. The summed E-state index contributed by atoms with van der Waals surface area (Å²) < 4.78 is 35.7. The Hall–Kier alpha value is -4.08. The van der Waals surface area contributed by atoms with Gasteiger partial charge in [0, 0.05) is 17.0 Å². The number of benzene rings is 3. The van der Waals surface area contributed by atoms with E-state index in [-0.39, 0.29) is 4.90 Å². The molecule has 1 heterocycles. The number of carbonyl (C=O) groups excluding carboxylic acids is 1. The Morgan fingerprint density at radius 1 is 1.02 bits per heavy atom. The lowest BCUT2D eigenvalue weighted by Gasteiger charge is -2.24. The van der Waals surface area contributed by atoms with Crippen molar-refractivity contribution in [3.8, 4) is 11.4 Å². The molecule has 0 unspecified atom stereocenters. The van der Waals surface area contributed by atoms with Crippen LogP contribution in [0.4, 0.5) is 5.69 Å². The summed E-state index contributed by atoms with van der Waals surface area (Å²) in [6.45, 7) is 7.63. The van der Waals surface area contributed by atoms with E-state index in [0.29, 0.717) is 23.1 Å². The molecule has 4 aromatic rings. The van der Waals surface area contributed by atoms with Gasteiger partial charge in [-0.15, -0.1) is 0 Å². The fraction of sp³-hybridized carbons (Fsp3) is 0.200. The summed E-state index contributed by atoms with van der Waals surface area (Å²) in [5.74, 6) is 0.00288. The van der Waals surface area contributed by atoms with Gasteiger partial charge in [-0.2, -0.15) is 5.10 Å². The van der Waals surface area contributed by atoms with Crippen LogP contribution in [0.25, 0.3) is 5.69 Å². The molecule has 10 heteroatoms. The molecule has 208 valence electrons. The number of nitrogens with zero attached hydrogens (tertiary/aromatic N) is 3. The van der Waals surface area contributed by atoms with Crippen LogP contribution in [0.1, 0.15) is 29.4 Å². The number of aromatic nitrogens is 1. The van der Waals surface area contributed by atoms with Crippen molar-refractivity contribution in [1.29, 1.82) is 0 Å². The number of rotatable bonds is 10. The number of halogens is 1. The fourth-order valence-corrected chi connectivity index (χ4v) is 5.93. The van der Waals surface area contributed by atoms with Crippen LogP contribution < -0.4 is 14.5 Å². The number of hydrogen-bond donors (Lipinski definition) is 1. The van der Waals surface area contributed by atoms with Gasteiger partial charge in [0.15, 0.2) is 0 Å². The minimum absolute atomic E-state index is 0.0790. The number of aryl methyl sites for hydroxylation is 2. The van der Waals surface area contributed by atoms with Gasteiger partial charge in [-0.3, -0.25) is 9.10 Å². The third-order valence-electron chi connectivity index (χ3n) is 6.29. The Balaban J connectivity index is 1.56. The summed E-state index contributed by atoms with van der Waals surface area (Å²) in [5, 5.41) is 4.73. The van der Waals surface area contributed by atoms with Crippen LogP contribution >= 0.6 is 11.6 Å². The first-order chi connectivity index (χ1) is 19.1. The van der Waals surface area contributed by atoms with Crippen LogP contribution in [-0.2, 0) is 14.8 Å². The maximum atomic E-state index is 13.6. The molecule has 0 aliphatic rings. The van der Waals surface area contributed by atoms with Crippen molar-refractivity contribution in [2.24, 2.45) is 5.10 Å². The molecule has 1 N–H and O–H groups in total. The van der Waals surface area contributed by atoms with Crippen LogP contribution in [0.5, 0.6) is 5.75 Å². The molecule has 0 spiro atoms. The van der Waals surface area contributed by atoms with E-state index in [2.05, 4.69) is 10.5 Å². The average molecular weight is 579 g/mol. The van der Waals surface area contributed by atoms with Gasteiger partial charge in [-0.1, -0.05) is 41.4 Å². The van der Waals surface area contributed by atoms with E-state index in [1.54, 1.807) is 36.4 Å². The Morgan fingerprint density at radius 3 is 2.35 bits per heavy atom. The standard InChI is InChI=1S/C30H31ClN4O4S/c1-5-39-26-14-12-25(13-15-26)34(40(37,38)27-16-10-21(2)11-17-27)20-30(36)33-32-19-24-18-22(3)35(23(24)4)29-9-7-6-8-28(29)31/h6-19H,5,20H2,1-4H3,(H,33,36)/b32-19-. The van der Waals surface area contributed by atoms with Crippen molar-refractivity contribution in [1.82, 2.24) is 9.99 Å². The van der Waals surface area contributed by atoms with Gasteiger partial charge in [0.2, 0.25) is 0 Å². The normalized spacial score (nSPS) is 11.5. The van der Waals surface area contributed by atoms with Gasteiger partial charge in [0.05, 0.1) is 34.1 Å². The van der Waals surface area contributed by atoms with Crippen molar-refractivity contribution < 1.29 is 17.9 Å². The van der Waals surface area contributed by atoms with Crippen molar-refractivity contribution >= 4 is 39.4 Å². The fourth-order valence-electron chi connectivity index (χ4n) is 4.29. The van der Waals surface area contributed by atoms with Gasteiger partial charge in [-0.05, 0) is 82.3 Å². The Morgan fingerprint density at radius 2 is 1.70 bits per heavy atom. The predicted octanol–water partition coefficient (Wildman–Crippen LogP) is 5.80. The van der Waals surface area contributed by atoms with Crippen molar-refractivity contribution in [2.45, 2.75) is 32.6 Å². The van der Waals surface area contributed by atoms with E-state index < -0.39 is 22.5 Å². The molecule has 1 amide bonds. The quantitative estimate of drug-likeness (QED) is 0.190. The zero-order valence-electron chi connectivity index (χ0n) is 22.8. The van der Waals surface area contributed by atoms with E-state index in [1.807, 2.05) is 62.6 Å². The molecule has 0 bridgehead atoms. The van der Waals surface area contributed by atoms with Gasteiger partial charge in [0.1, 0.15) is 12.3 Å². The first-order valence-corrected chi connectivity index (χ1v) is 14.5. The third kappa shape index (κ3) is 6.38. The van der Waals surface area contributed by atoms with Crippen molar-refractivity contribution in [3.05, 3.63) is 106 Å². The van der Waals surface area contributed by atoms with E-state index in [1.165, 1.54) is 18.3 Å². The van der Waals surface area contributed by atoms with Gasteiger partial charge in [-0.25, -0.2) is 13.8 Å². The maximum Gasteiger partial charge on any atom is 0.264 e. The van der Waals surface area contributed by atoms with Crippen LogP contribution in [0, 0.1) is 20.8 Å². The molecular formula is C30H31ClN4O4S. The van der Waals surface area contributed by atoms with E-state index in [9.17, 15) is 13.2 Å². The number of anilines is 1. The highest BCUT2D eigenvalue weighted by molar-refractivity contribution is 7.92. The first kappa shape index (κ1) is 28.9. The lowest BCUT2D eigenvalue weighted by Crippen LogP contribution is -2.39. The summed E-state index contributed by atoms with van der Waals surface area (Å²) in [6, 6.07) is 22.5. The summed E-state index contributed by atoms with van der Waals surface area (Å²) in [5.41, 5.74) is 7.18. The number of para-hydroxylation sites is 1. The van der Waals surface area contributed by atoms with Crippen LogP contribution in [0.2, 0.25) is 5.02 Å². The molecule has 0 saturated heterocycles. The van der Waals surface area contributed by atoms with Gasteiger partial charge in [0.25, 0.3) is 15.9 Å². The Kier molecular flexibility index (Phi) is 8.96. The Bertz CT molecular complexity index is 1630. The lowest BCUT2D eigenvalue weighted by molar-refractivity contribution is -0.119. The topological polar surface area (TPSA) is 93.0 Å². The van der Waals surface area contributed by atoms with Crippen LogP contribution in [0.3, 0.4) is 0 Å². The molecule has 3 aromatic carbocycles. The van der Waals surface area contributed by atoms with Crippen molar-refractivity contribution in [2.75, 3.05) is 17.5 Å². The Labute approximate surface area is 239 Å². The SMILES string of the molecule is CCOc1ccc(N(CC(=O)N/N=C\c2cc(C)n(-c3ccccc3Cl)c2C)S(=O)(=O)c2ccc(C)cc2)cc1. The second-order valence-corrected chi connectivity index (χ2v) is 11.4. The molecule has 0 atom stereocenters. The smallest absolute Gasteiger partial charge is 0.264 e. The lowest BCUT2D eigenvalue weighted by atomic mass is 10.2. The van der Waals surface area contributed by atoms with Gasteiger partial charge < -0.3 is 9.30 Å². The zero-order valence-corrected chi connectivity index (χ0v) is 24.3. The van der Waals surface area contributed by atoms with E-state index in [4.69, 9.17) is 16.3 Å². The number of nitrogens with one attached hydrogen (secondary N) is 1. The van der Waals surface area contributed by atoms with Crippen molar-refractivity contribution in [3.63, 3.8) is 0 Å². The second-order valence-electron chi connectivity index (χ2n) is 9.16. The summed E-state index contributed by atoms with van der Waals surface area (Å²) >= 11 is 6.40. The van der Waals surface area contributed by atoms with E-state index >= 15 is 0 Å². The number of amides is 1. The zero-order chi connectivity index (χ0) is 28.9. The highest BCUT2D eigenvalue weighted by atomic mass is 35.5. The largest absolute Gasteiger partial charge is 0.494 e. The molecule has 1 aromatic heterocycles. The predicted molar refractivity (Wildman–Crippen MR) is 159 cm³/mol. The average Bonchev–Trinajstić information content (AvgIpc) is 3.21. The molecule has 0 aliphatic carbocycles. The third-order valence-corrected chi connectivity index (χ3v) is 8.40. The summed E-state index contributed by atoms with van der Waals surface area (Å²) in [4.78, 5) is 13.0. The number of sulfonamides is 1. The molecular weight excluding hydrogens is 548 g/mol. The summed E-state index contributed by atoms with van der Waals surface area (Å²) in [6.07, 6.45) is 1.53.